The van der Waals surface area contributed by atoms with E-state index in [2.05, 4.69) is 44.3 Å². The van der Waals surface area contributed by atoms with Gasteiger partial charge in [-0.3, -0.25) is 9.59 Å². The lowest BCUT2D eigenvalue weighted by Crippen LogP contribution is -2.40. The van der Waals surface area contributed by atoms with Gasteiger partial charge in [-0.1, -0.05) is 57.2 Å². The van der Waals surface area contributed by atoms with Crippen LogP contribution in [0.15, 0.2) is 48.5 Å². The van der Waals surface area contributed by atoms with Crippen LogP contribution in [0, 0.1) is 0 Å². The van der Waals surface area contributed by atoms with E-state index in [1.807, 2.05) is 37.3 Å². The van der Waals surface area contributed by atoms with Crippen LogP contribution < -0.4 is 15.0 Å². The SMILES string of the molecule is CC(CCc1ccccc1)NC(=O)CCCN1C(=O)COc2ccc(C(C)(C)C)cc21. The summed E-state index contributed by atoms with van der Waals surface area (Å²) in [5, 5.41) is 3.08. The number of amides is 2. The number of carbonyl (C=O) groups excluding carboxylic acids is 2. The average Bonchev–Trinajstić information content (AvgIpc) is 2.73. The second-order valence-electron chi connectivity index (χ2n) is 9.36. The standard InChI is InChI=1S/C26H34N2O3/c1-19(12-13-20-9-6-5-7-10-20)27-24(29)11-8-16-28-22-17-21(26(2,3)4)14-15-23(22)31-18-25(28)30/h5-7,9-10,14-15,17,19H,8,11-13,16,18H2,1-4H3,(H,27,29). The Labute approximate surface area is 185 Å². The second-order valence-corrected chi connectivity index (χ2v) is 9.36. The second kappa shape index (κ2) is 9.99. The van der Waals surface area contributed by atoms with Crippen molar-refractivity contribution in [2.75, 3.05) is 18.1 Å². The summed E-state index contributed by atoms with van der Waals surface area (Å²) < 4.78 is 5.61. The summed E-state index contributed by atoms with van der Waals surface area (Å²) in [6.45, 7) is 9.03. The zero-order valence-corrected chi connectivity index (χ0v) is 19.1. The number of rotatable bonds is 8. The average molecular weight is 423 g/mol. The molecule has 166 valence electrons. The van der Waals surface area contributed by atoms with Gasteiger partial charge in [0.2, 0.25) is 5.91 Å². The molecule has 1 N–H and O–H groups in total. The fourth-order valence-electron chi connectivity index (χ4n) is 3.76. The first-order valence-electron chi connectivity index (χ1n) is 11.1. The van der Waals surface area contributed by atoms with E-state index in [1.165, 1.54) is 5.56 Å². The predicted octanol–water partition coefficient (Wildman–Crippen LogP) is 4.63. The van der Waals surface area contributed by atoms with Gasteiger partial charge >= 0.3 is 0 Å². The Bertz CT molecular complexity index is 903. The molecule has 0 spiro atoms. The van der Waals surface area contributed by atoms with Crippen LogP contribution in [0.5, 0.6) is 5.75 Å². The fraction of sp³-hybridized carbons (Fsp3) is 0.462. The highest BCUT2D eigenvalue weighted by Gasteiger charge is 2.27. The molecule has 1 heterocycles. The van der Waals surface area contributed by atoms with Gasteiger partial charge in [-0.15, -0.1) is 0 Å². The molecule has 1 aliphatic rings. The highest BCUT2D eigenvalue weighted by Crippen LogP contribution is 2.36. The number of ether oxygens (including phenoxy) is 1. The van der Waals surface area contributed by atoms with Crippen molar-refractivity contribution < 1.29 is 14.3 Å². The molecule has 5 nitrogen and oxygen atoms in total. The Balaban J connectivity index is 1.51. The molecule has 1 unspecified atom stereocenters. The number of nitrogens with one attached hydrogen (secondary N) is 1. The first-order chi connectivity index (χ1) is 14.7. The third kappa shape index (κ3) is 6.33. The number of hydrogen-bond acceptors (Lipinski definition) is 3. The van der Waals surface area contributed by atoms with Gasteiger partial charge in [0.15, 0.2) is 6.61 Å². The Morgan fingerprint density at radius 1 is 1.16 bits per heavy atom. The van der Waals surface area contributed by atoms with E-state index in [9.17, 15) is 9.59 Å². The van der Waals surface area contributed by atoms with E-state index in [0.29, 0.717) is 19.4 Å². The topological polar surface area (TPSA) is 58.6 Å². The van der Waals surface area contributed by atoms with Gasteiger partial charge in [0.25, 0.3) is 5.91 Å². The van der Waals surface area contributed by atoms with Gasteiger partial charge < -0.3 is 15.0 Å². The van der Waals surface area contributed by atoms with Crippen LogP contribution in [-0.4, -0.2) is 31.0 Å². The summed E-state index contributed by atoms with van der Waals surface area (Å²) in [5.41, 5.74) is 3.22. The lowest BCUT2D eigenvalue weighted by Gasteiger charge is -2.31. The number of carbonyl (C=O) groups is 2. The van der Waals surface area contributed by atoms with Crippen LogP contribution >= 0.6 is 0 Å². The van der Waals surface area contributed by atoms with Crippen molar-refractivity contribution in [1.29, 1.82) is 0 Å². The first kappa shape index (κ1) is 22.9. The van der Waals surface area contributed by atoms with Crippen molar-refractivity contribution in [3.63, 3.8) is 0 Å². The van der Waals surface area contributed by atoms with E-state index < -0.39 is 0 Å². The molecule has 1 atom stereocenters. The van der Waals surface area contributed by atoms with Gasteiger partial charge in [0.05, 0.1) is 5.69 Å². The van der Waals surface area contributed by atoms with Crippen LogP contribution in [0.2, 0.25) is 0 Å². The number of hydrogen-bond donors (Lipinski definition) is 1. The maximum absolute atomic E-state index is 12.5. The van der Waals surface area contributed by atoms with E-state index in [1.54, 1.807) is 4.90 Å². The zero-order chi connectivity index (χ0) is 22.4. The van der Waals surface area contributed by atoms with E-state index >= 15 is 0 Å². The molecule has 0 aliphatic carbocycles. The van der Waals surface area contributed by atoms with Crippen molar-refractivity contribution in [3.8, 4) is 5.75 Å². The summed E-state index contributed by atoms with van der Waals surface area (Å²) in [6, 6.07) is 16.4. The molecule has 0 saturated carbocycles. The van der Waals surface area contributed by atoms with Gasteiger partial charge in [-0.25, -0.2) is 0 Å². The smallest absolute Gasteiger partial charge is 0.265 e. The third-order valence-electron chi connectivity index (χ3n) is 5.67. The van der Waals surface area contributed by atoms with Crippen molar-refractivity contribution in [1.82, 2.24) is 5.32 Å². The molecule has 0 radical (unpaired) electrons. The molecule has 0 bridgehead atoms. The minimum absolute atomic E-state index is 0.0169. The molecule has 0 aromatic heterocycles. The maximum atomic E-state index is 12.5. The summed E-state index contributed by atoms with van der Waals surface area (Å²) >= 11 is 0. The number of benzene rings is 2. The summed E-state index contributed by atoms with van der Waals surface area (Å²) in [6.07, 6.45) is 2.86. The van der Waals surface area contributed by atoms with E-state index in [-0.39, 0.29) is 29.9 Å². The molecule has 31 heavy (non-hydrogen) atoms. The predicted molar refractivity (Wildman–Crippen MR) is 125 cm³/mol. The normalized spacial score (nSPS) is 14.6. The lowest BCUT2D eigenvalue weighted by atomic mass is 9.86. The van der Waals surface area contributed by atoms with Gasteiger partial charge in [-0.2, -0.15) is 0 Å². The quantitative estimate of drug-likeness (QED) is 0.675. The molecule has 2 amide bonds. The van der Waals surface area contributed by atoms with Gasteiger partial charge in [0.1, 0.15) is 5.75 Å². The molecular formula is C26H34N2O3. The molecular weight excluding hydrogens is 388 g/mol. The highest BCUT2D eigenvalue weighted by molar-refractivity contribution is 5.98. The number of fused-ring (bicyclic) bond motifs is 1. The summed E-state index contributed by atoms with van der Waals surface area (Å²) in [4.78, 5) is 26.6. The fourth-order valence-corrected chi connectivity index (χ4v) is 3.76. The number of anilines is 1. The molecule has 2 aromatic rings. The highest BCUT2D eigenvalue weighted by atomic mass is 16.5. The number of nitrogens with zero attached hydrogens (tertiary/aromatic N) is 1. The van der Waals surface area contributed by atoms with Crippen LogP contribution in [0.4, 0.5) is 5.69 Å². The van der Waals surface area contributed by atoms with Crippen molar-refractivity contribution in [2.24, 2.45) is 0 Å². The molecule has 3 rings (SSSR count). The molecule has 1 aliphatic heterocycles. The minimum atomic E-state index is -0.0600. The van der Waals surface area contributed by atoms with Crippen LogP contribution in [0.1, 0.15) is 58.1 Å². The van der Waals surface area contributed by atoms with E-state index in [4.69, 9.17) is 4.74 Å². The van der Waals surface area contributed by atoms with E-state index in [0.717, 1.165) is 29.8 Å². The molecule has 0 saturated heterocycles. The molecule has 5 heteroatoms. The Kier molecular flexibility index (Phi) is 7.37. The van der Waals surface area contributed by atoms with Crippen molar-refractivity contribution in [3.05, 3.63) is 59.7 Å². The zero-order valence-electron chi connectivity index (χ0n) is 19.1. The largest absolute Gasteiger partial charge is 0.482 e. The maximum Gasteiger partial charge on any atom is 0.265 e. The lowest BCUT2D eigenvalue weighted by molar-refractivity contribution is -0.123. The monoisotopic (exact) mass is 422 g/mol. The van der Waals surface area contributed by atoms with Crippen LogP contribution in [0.3, 0.4) is 0 Å². The number of aryl methyl sites for hydroxylation is 1. The van der Waals surface area contributed by atoms with Gasteiger partial charge in [-0.05, 0) is 54.9 Å². The Morgan fingerprint density at radius 3 is 2.61 bits per heavy atom. The summed E-state index contributed by atoms with van der Waals surface area (Å²) in [7, 11) is 0. The Morgan fingerprint density at radius 2 is 1.90 bits per heavy atom. The Hall–Kier alpha value is -2.82. The first-order valence-corrected chi connectivity index (χ1v) is 11.1. The summed E-state index contributed by atoms with van der Waals surface area (Å²) in [5.74, 6) is 0.701. The van der Waals surface area contributed by atoms with Crippen LogP contribution in [-0.2, 0) is 21.4 Å². The molecule has 0 fully saturated rings. The van der Waals surface area contributed by atoms with Crippen molar-refractivity contribution in [2.45, 2.75) is 64.8 Å². The molecule has 2 aromatic carbocycles. The minimum Gasteiger partial charge on any atom is -0.482 e. The third-order valence-corrected chi connectivity index (χ3v) is 5.67. The van der Waals surface area contributed by atoms with Crippen molar-refractivity contribution >= 4 is 17.5 Å². The van der Waals surface area contributed by atoms with Crippen LogP contribution in [0.25, 0.3) is 0 Å². The van der Waals surface area contributed by atoms with Gasteiger partial charge in [0, 0.05) is 19.0 Å².